The minimum atomic E-state index is -4.68. The first-order valence-corrected chi connectivity index (χ1v) is 10.5. The van der Waals surface area contributed by atoms with E-state index >= 15 is 0 Å². The number of hydrogen-bond donors (Lipinski definition) is 2. The van der Waals surface area contributed by atoms with Gasteiger partial charge < -0.3 is 10.6 Å². The maximum Gasteiger partial charge on any atom is 0.435 e. The fourth-order valence-corrected chi connectivity index (χ4v) is 4.16. The van der Waals surface area contributed by atoms with Crippen molar-refractivity contribution in [1.29, 1.82) is 0 Å². The number of hydrogen-bond acceptors (Lipinski definition) is 4. The zero-order valence-electron chi connectivity index (χ0n) is 16.8. The van der Waals surface area contributed by atoms with Gasteiger partial charge >= 0.3 is 6.18 Å². The Bertz CT molecular complexity index is 1300. The minimum absolute atomic E-state index is 0.0525. The lowest BCUT2D eigenvalue weighted by Gasteiger charge is -2.07. The van der Waals surface area contributed by atoms with E-state index in [4.69, 9.17) is 0 Å². The lowest BCUT2D eigenvalue weighted by Crippen LogP contribution is -2.34. The van der Waals surface area contributed by atoms with Gasteiger partial charge in [0.15, 0.2) is 5.69 Å². The van der Waals surface area contributed by atoms with Crippen LogP contribution >= 0.6 is 11.3 Å². The lowest BCUT2D eigenvalue weighted by molar-refractivity contribution is -0.140. The number of nitrogens with one attached hydrogen (secondary N) is 2. The largest absolute Gasteiger partial charge is 0.435 e. The molecule has 2 heterocycles. The average molecular weight is 476 g/mol. The number of para-hydroxylation sites is 1. The molecule has 0 spiro atoms. The number of fused-ring (bicyclic) bond motifs is 1. The summed E-state index contributed by atoms with van der Waals surface area (Å²) in [5, 5.41) is 8.70. The van der Waals surface area contributed by atoms with E-state index in [0.29, 0.717) is 5.69 Å². The van der Waals surface area contributed by atoms with Gasteiger partial charge in [0, 0.05) is 24.0 Å². The molecule has 0 aliphatic carbocycles. The fourth-order valence-electron chi connectivity index (χ4n) is 3.12. The Morgan fingerprint density at radius 1 is 0.939 bits per heavy atom. The fraction of sp³-hybridized carbons (Fsp3) is 0.136. The second-order valence-corrected chi connectivity index (χ2v) is 7.97. The van der Waals surface area contributed by atoms with E-state index < -0.39 is 29.5 Å². The van der Waals surface area contributed by atoms with Crippen molar-refractivity contribution in [2.75, 3.05) is 13.1 Å². The third-order valence-corrected chi connectivity index (χ3v) is 5.76. The lowest BCUT2D eigenvalue weighted by atomic mass is 10.2. The van der Waals surface area contributed by atoms with Crippen molar-refractivity contribution in [1.82, 2.24) is 20.4 Å². The van der Waals surface area contributed by atoms with Gasteiger partial charge in [0.05, 0.1) is 10.6 Å². The summed E-state index contributed by atoms with van der Waals surface area (Å²) in [6, 6.07) is 14.5. The molecule has 4 rings (SSSR count). The summed E-state index contributed by atoms with van der Waals surface area (Å²) in [5.74, 6) is -1.48. The summed E-state index contributed by atoms with van der Waals surface area (Å²) < 4.78 is 54.6. The van der Waals surface area contributed by atoms with Crippen LogP contribution in [0, 0.1) is 5.82 Å². The number of thiophene rings is 1. The first-order valence-electron chi connectivity index (χ1n) is 9.71. The maximum absolute atomic E-state index is 13.5. The molecule has 0 saturated carbocycles. The van der Waals surface area contributed by atoms with Crippen molar-refractivity contribution < 1.29 is 27.2 Å². The Hall–Kier alpha value is -3.73. The number of aromatic nitrogens is 2. The molecule has 2 amide bonds. The van der Waals surface area contributed by atoms with Crippen LogP contribution in [0.15, 0.2) is 60.7 Å². The van der Waals surface area contributed by atoms with Gasteiger partial charge in [-0.1, -0.05) is 18.2 Å². The maximum atomic E-state index is 13.5. The molecule has 2 aromatic heterocycles. The number of alkyl halides is 3. The molecular weight excluding hydrogens is 460 g/mol. The zero-order valence-corrected chi connectivity index (χ0v) is 17.6. The van der Waals surface area contributed by atoms with Crippen LogP contribution in [0.1, 0.15) is 25.7 Å². The molecule has 0 aliphatic rings. The molecule has 0 atom stereocenters. The van der Waals surface area contributed by atoms with Crippen molar-refractivity contribution in [3.05, 3.63) is 82.6 Å². The minimum Gasteiger partial charge on any atom is -0.350 e. The van der Waals surface area contributed by atoms with Crippen LogP contribution in [0.4, 0.5) is 17.6 Å². The quantitative estimate of drug-likeness (QED) is 0.320. The highest BCUT2D eigenvalue weighted by molar-refractivity contribution is 7.20. The molecule has 0 aliphatic heterocycles. The van der Waals surface area contributed by atoms with Crippen LogP contribution in [0.2, 0.25) is 0 Å². The van der Waals surface area contributed by atoms with Crippen LogP contribution in [-0.4, -0.2) is 34.7 Å². The molecule has 2 aromatic carbocycles. The zero-order chi connectivity index (χ0) is 23.6. The number of carbonyl (C=O) groups excluding carboxylic acids is 2. The topological polar surface area (TPSA) is 76.0 Å². The van der Waals surface area contributed by atoms with E-state index in [1.807, 2.05) is 0 Å². The second-order valence-electron chi connectivity index (χ2n) is 6.94. The van der Waals surface area contributed by atoms with Crippen molar-refractivity contribution in [3.63, 3.8) is 0 Å². The highest BCUT2D eigenvalue weighted by atomic mass is 32.1. The average Bonchev–Trinajstić information content (AvgIpc) is 3.37. The molecule has 0 unspecified atom stereocenters. The van der Waals surface area contributed by atoms with Gasteiger partial charge in [0.25, 0.3) is 11.8 Å². The Morgan fingerprint density at radius 2 is 1.58 bits per heavy atom. The van der Waals surface area contributed by atoms with Gasteiger partial charge in [-0.25, -0.2) is 9.07 Å². The monoisotopic (exact) mass is 476 g/mol. The number of carbonyl (C=O) groups is 2. The Labute approximate surface area is 188 Å². The van der Waals surface area contributed by atoms with E-state index in [9.17, 15) is 27.2 Å². The number of halogens is 4. The van der Waals surface area contributed by atoms with E-state index in [2.05, 4.69) is 15.7 Å². The van der Waals surface area contributed by atoms with E-state index in [1.165, 1.54) is 22.9 Å². The summed E-state index contributed by atoms with van der Waals surface area (Å²) in [6.45, 7) is 0.134. The molecule has 4 aromatic rings. The van der Waals surface area contributed by atoms with Crippen molar-refractivity contribution in [3.8, 4) is 5.69 Å². The summed E-state index contributed by atoms with van der Waals surface area (Å²) in [7, 11) is 0. The number of amides is 2. The van der Waals surface area contributed by atoms with Crippen molar-refractivity contribution >= 4 is 33.4 Å². The summed E-state index contributed by atoms with van der Waals surface area (Å²) in [5.41, 5.74) is -0.365. The molecule has 0 bridgehead atoms. The third kappa shape index (κ3) is 4.87. The number of rotatable bonds is 6. The van der Waals surface area contributed by atoms with Gasteiger partial charge in [-0.05, 0) is 42.5 Å². The normalized spacial score (nSPS) is 11.5. The summed E-state index contributed by atoms with van der Waals surface area (Å²) >= 11 is 0.892. The summed E-state index contributed by atoms with van der Waals surface area (Å²) in [4.78, 5) is 24.8. The number of benzene rings is 2. The Balaban J connectivity index is 1.46. The van der Waals surface area contributed by atoms with Crippen LogP contribution in [-0.2, 0) is 6.18 Å². The smallest absolute Gasteiger partial charge is 0.350 e. The van der Waals surface area contributed by atoms with Gasteiger partial charge in [0.2, 0.25) is 0 Å². The SMILES string of the molecule is O=C(NCCNC(=O)c1cc2c(C(F)(F)F)nn(-c3ccccc3)c2s1)c1ccc(F)cc1. The predicted octanol–water partition coefficient (Wildman–Crippen LogP) is 4.40. The van der Waals surface area contributed by atoms with Gasteiger partial charge in [-0.3, -0.25) is 9.59 Å². The predicted molar refractivity (Wildman–Crippen MR) is 115 cm³/mol. The van der Waals surface area contributed by atoms with Crippen molar-refractivity contribution in [2.45, 2.75) is 6.18 Å². The summed E-state index contributed by atoms with van der Waals surface area (Å²) in [6.07, 6.45) is -4.68. The standard InChI is InChI=1S/C22H16F4N4O2S/c23-14-8-6-13(7-9-14)19(31)27-10-11-28-20(32)17-12-16-18(22(24,25)26)29-30(21(16)33-17)15-4-2-1-3-5-15/h1-9,12H,10-11H2,(H,27,31)(H,28,32). The molecular formula is C22H16F4N4O2S. The molecule has 0 radical (unpaired) electrons. The van der Waals surface area contributed by atoms with E-state index in [-0.39, 0.29) is 33.7 Å². The van der Waals surface area contributed by atoms with Gasteiger partial charge in [0.1, 0.15) is 10.6 Å². The molecule has 2 N–H and O–H groups in total. The second kappa shape index (κ2) is 9.02. The molecule has 0 saturated heterocycles. The molecule has 0 fully saturated rings. The Kier molecular flexibility index (Phi) is 6.14. The molecule has 170 valence electrons. The van der Waals surface area contributed by atoms with Gasteiger partial charge in [-0.15, -0.1) is 11.3 Å². The third-order valence-electron chi connectivity index (χ3n) is 4.66. The molecule has 11 heteroatoms. The first-order chi connectivity index (χ1) is 15.7. The van der Waals surface area contributed by atoms with Crippen LogP contribution in [0.3, 0.4) is 0 Å². The Morgan fingerprint density at radius 3 is 2.21 bits per heavy atom. The highest BCUT2D eigenvalue weighted by Crippen LogP contribution is 2.38. The molecule has 33 heavy (non-hydrogen) atoms. The number of nitrogens with zero attached hydrogens (tertiary/aromatic N) is 2. The first kappa shape index (κ1) is 22.5. The van der Waals surface area contributed by atoms with E-state index in [1.54, 1.807) is 30.3 Å². The van der Waals surface area contributed by atoms with Crippen LogP contribution in [0.25, 0.3) is 15.9 Å². The van der Waals surface area contributed by atoms with Gasteiger partial charge in [-0.2, -0.15) is 18.3 Å². The van der Waals surface area contributed by atoms with E-state index in [0.717, 1.165) is 23.5 Å². The molecule has 6 nitrogen and oxygen atoms in total. The van der Waals surface area contributed by atoms with Crippen molar-refractivity contribution in [2.24, 2.45) is 0 Å². The van der Waals surface area contributed by atoms with Crippen LogP contribution < -0.4 is 10.6 Å². The van der Waals surface area contributed by atoms with Crippen LogP contribution in [0.5, 0.6) is 0 Å². The highest BCUT2D eigenvalue weighted by Gasteiger charge is 2.38.